The number of nitrogens with zero attached hydrogens (tertiary/aromatic N) is 3. The molecule has 6 heteroatoms. The van der Waals surface area contributed by atoms with Gasteiger partial charge in [0.2, 0.25) is 11.0 Å². The van der Waals surface area contributed by atoms with E-state index >= 15 is 0 Å². The molecular formula is C9H14N4OS. The molecule has 5 nitrogen and oxygen atoms in total. The van der Waals surface area contributed by atoms with Crippen molar-refractivity contribution < 1.29 is 4.79 Å². The molecule has 0 aliphatic carbocycles. The summed E-state index contributed by atoms with van der Waals surface area (Å²) >= 11 is 1.38. The third-order valence-electron chi connectivity index (χ3n) is 2.77. The van der Waals surface area contributed by atoms with Crippen LogP contribution in [0.5, 0.6) is 0 Å². The summed E-state index contributed by atoms with van der Waals surface area (Å²) in [5, 5.41) is 0.892. The molecule has 0 aromatic carbocycles. The van der Waals surface area contributed by atoms with Crippen LogP contribution in [0.3, 0.4) is 0 Å². The summed E-state index contributed by atoms with van der Waals surface area (Å²) in [7, 11) is 0. The van der Waals surface area contributed by atoms with Crippen LogP contribution in [0.15, 0.2) is 0 Å². The lowest BCUT2D eigenvalue weighted by molar-refractivity contribution is -0.122. The summed E-state index contributed by atoms with van der Waals surface area (Å²) in [6, 6.07) is 0. The second-order valence-electron chi connectivity index (χ2n) is 4.02. The fourth-order valence-electron chi connectivity index (χ4n) is 1.91. The molecule has 0 radical (unpaired) electrons. The standard InChI is InChI=1S/C9H14N4OS/c1-5-3-13(4-7(5)8(10)14)9-11-6(2)12-15-9/h5,7H,3-4H2,1-2H3,(H2,10,14)/t5-,7-/m1/s1. The quantitative estimate of drug-likeness (QED) is 0.792. The third kappa shape index (κ3) is 1.94. The van der Waals surface area contributed by atoms with Gasteiger partial charge in [-0.25, -0.2) is 4.98 Å². The lowest BCUT2D eigenvalue weighted by Gasteiger charge is -2.12. The van der Waals surface area contributed by atoms with Crippen molar-refractivity contribution in [3.05, 3.63) is 5.82 Å². The van der Waals surface area contributed by atoms with Gasteiger partial charge in [0.25, 0.3) is 0 Å². The molecule has 1 aliphatic heterocycles. The van der Waals surface area contributed by atoms with Crippen molar-refractivity contribution in [1.82, 2.24) is 9.36 Å². The van der Waals surface area contributed by atoms with Crippen molar-refractivity contribution in [2.24, 2.45) is 17.6 Å². The zero-order valence-electron chi connectivity index (χ0n) is 8.80. The van der Waals surface area contributed by atoms with Gasteiger partial charge in [-0.05, 0) is 12.8 Å². The number of aromatic nitrogens is 2. The Morgan fingerprint density at radius 1 is 1.60 bits per heavy atom. The molecule has 2 heterocycles. The van der Waals surface area contributed by atoms with Crippen molar-refractivity contribution in [3.8, 4) is 0 Å². The second-order valence-corrected chi connectivity index (χ2v) is 4.75. The number of primary amides is 1. The van der Waals surface area contributed by atoms with Crippen molar-refractivity contribution in [3.63, 3.8) is 0 Å². The fourth-order valence-corrected chi connectivity index (χ4v) is 2.60. The van der Waals surface area contributed by atoms with E-state index in [9.17, 15) is 4.79 Å². The first-order chi connectivity index (χ1) is 7.08. The zero-order valence-corrected chi connectivity index (χ0v) is 9.62. The average Bonchev–Trinajstić information content (AvgIpc) is 2.71. The molecule has 0 unspecified atom stereocenters. The Bertz CT molecular complexity index is 378. The SMILES string of the molecule is Cc1nsc(N2C[C@@H](C)[C@H](C(N)=O)C2)n1. The van der Waals surface area contributed by atoms with Gasteiger partial charge in [0, 0.05) is 24.6 Å². The number of hydrogen-bond donors (Lipinski definition) is 1. The topological polar surface area (TPSA) is 72.1 Å². The normalized spacial score (nSPS) is 25.9. The molecule has 15 heavy (non-hydrogen) atoms. The number of rotatable bonds is 2. The monoisotopic (exact) mass is 226 g/mol. The van der Waals surface area contributed by atoms with E-state index in [0.717, 1.165) is 17.5 Å². The summed E-state index contributed by atoms with van der Waals surface area (Å²) in [4.78, 5) is 17.5. The molecule has 2 rings (SSSR count). The average molecular weight is 226 g/mol. The molecule has 0 spiro atoms. The minimum absolute atomic E-state index is 0.0609. The van der Waals surface area contributed by atoms with Crippen molar-refractivity contribution in [2.75, 3.05) is 18.0 Å². The Labute approximate surface area is 92.5 Å². The van der Waals surface area contributed by atoms with E-state index in [4.69, 9.17) is 5.73 Å². The Morgan fingerprint density at radius 3 is 2.80 bits per heavy atom. The molecule has 1 fully saturated rings. The minimum atomic E-state index is -0.216. The van der Waals surface area contributed by atoms with Crippen LogP contribution in [-0.4, -0.2) is 28.4 Å². The Hall–Kier alpha value is -1.17. The van der Waals surface area contributed by atoms with Gasteiger partial charge in [-0.2, -0.15) is 4.37 Å². The lowest BCUT2D eigenvalue weighted by Crippen LogP contribution is -2.29. The Morgan fingerprint density at radius 2 is 2.33 bits per heavy atom. The lowest BCUT2D eigenvalue weighted by atomic mass is 9.98. The predicted octanol–water partition coefficient (Wildman–Crippen LogP) is 0.404. The van der Waals surface area contributed by atoms with Gasteiger partial charge >= 0.3 is 0 Å². The number of nitrogens with two attached hydrogens (primary N) is 1. The van der Waals surface area contributed by atoms with E-state index in [1.54, 1.807) is 0 Å². The van der Waals surface area contributed by atoms with Gasteiger partial charge in [-0.15, -0.1) is 0 Å². The van der Waals surface area contributed by atoms with Crippen LogP contribution < -0.4 is 10.6 Å². The van der Waals surface area contributed by atoms with Crippen LogP contribution >= 0.6 is 11.5 Å². The maximum atomic E-state index is 11.2. The van der Waals surface area contributed by atoms with Crippen molar-refractivity contribution in [1.29, 1.82) is 0 Å². The van der Waals surface area contributed by atoms with Gasteiger partial charge in [-0.1, -0.05) is 6.92 Å². The molecule has 0 bridgehead atoms. The molecule has 1 aliphatic rings. The fraction of sp³-hybridized carbons (Fsp3) is 0.667. The Kier molecular flexibility index (Phi) is 2.60. The van der Waals surface area contributed by atoms with Crippen molar-refractivity contribution >= 4 is 22.6 Å². The summed E-state index contributed by atoms with van der Waals surface area (Å²) < 4.78 is 4.13. The molecule has 1 saturated heterocycles. The van der Waals surface area contributed by atoms with Gasteiger partial charge in [-0.3, -0.25) is 4.79 Å². The predicted molar refractivity (Wildman–Crippen MR) is 58.7 cm³/mol. The van der Waals surface area contributed by atoms with E-state index in [-0.39, 0.29) is 11.8 Å². The van der Waals surface area contributed by atoms with Gasteiger partial charge in [0.1, 0.15) is 5.82 Å². The maximum Gasteiger partial charge on any atom is 0.222 e. The largest absolute Gasteiger partial charge is 0.369 e. The smallest absolute Gasteiger partial charge is 0.222 e. The first kappa shape index (κ1) is 10.4. The number of hydrogen-bond acceptors (Lipinski definition) is 5. The number of anilines is 1. The molecule has 2 atom stereocenters. The number of amides is 1. The highest BCUT2D eigenvalue weighted by atomic mass is 32.1. The maximum absolute atomic E-state index is 11.2. The summed E-state index contributed by atoms with van der Waals surface area (Å²) in [6.07, 6.45) is 0. The second kappa shape index (κ2) is 3.77. The van der Waals surface area contributed by atoms with Crippen molar-refractivity contribution in [2.45, 2.75) is 13.8 Å². The van der Waals surface area contributed by atoms with Gasteiger partial charge < -0.3 is 10.6 Å². The first-order valence-corrected chi connectivity index (χ1v) is 5.70. The van der Waals surface area contributed by atoms with Gasteiger partial charge in [0.15, 0.2) is 0 Å². The van der Waals surface area contributed by atoms with Crippen LogP contribution in [0.1, 0.15) is 12.7 Å². The van der Waals surface area contributed by atoms with Crippen LogP contribution in [0.2, 0.25) is 0 Å². The van der Waals surface area contributed by atoms with E-state index < -0.39 is 0 Å². The molecule has 82 valence electrons. The van der Waals surface area contributed by atoms with Crippen LogP contribution in [0, 0.1) is 18.8 Å². The van der Waals surface area contributed by atoms with Crippen LogP contribution in [0.4, 0.5) is 5.13 Å². The summed E-state index contributed by atoms with van der Waals surface area (Å²) in [5.74, 6) is 0.803. The molecule has 1 amide bonds. The van der Waals surface area contributed by atoms with E-state index in [1.165, 1.54) is 11.5 Å². The molecular weight excluding hydrogens is 212 g/mol. The third-order valence-corrected chi connectivity index (χ3v) is 3.63. The zero-order chi connectivity index (χ0) is 11.0. The van der Waals surface area contributed by atoms with Crippen LogP contribution in [-0.2, 0) is 4.79 Å². The summed E-state index contributed by atoms with van der Waals surface area (Å²) in [5.41, 5.74) is 5.34. The highest BCUT2D eigenvalue weighted by molar-refractivity contribution is 7.09. The van der Waals surface area contributed by atoms with Crippen LogP contribution in [0.25, 0.3) is 0 Å². The molecule has 1 aromatic rings. The molecule has 1 aromatic heterocycles. The van der Waals surface area contributed by atoms with E-state index in [2.05, 4.69) is 14.3 Å². The van der Waals surface area contributed by atoms with Gasteiger partial charge in [0.05, 0.1) is 5.92 Å². The highest BCUT2D eigenvalue weighted by Crippen LogP contribution is 2.28. The van der Waals surface area contributed by atoms with E-state index in [1.807, 2.05) is 13.8 Å². The first-order valence-electron chi connectivity index (χ1n) is 4.92. The Balaban J connectivity index is 2.12. The molecule has 0 saturated carbocycles. The van der Waals surface area contributed by atoms with E-state index in [0.29, 0.717) is 12.5 Å². The number of carbonyl (C=O) groups excluding carboxylic acids is 1. The minimum Gasteiger partial charge on any atom is -0.369 e. The number of carbonyl (C=O) groups is 1. The highest BCUT2D eigenvalue weighted by Gasteiger charge is 2.34. The molecule has 2 N–H and O–H groups in total. The number of aryl methyl sites for hydroxylation is 1. The summed E-state index contributed by atoms with van der Waals surface area (Å²) in [6.45, 7) is 5.42.